The topological polar surface area (TPSA) is 89.2 Å². The summed E-state index contributed by atoms with van der Waals surface area (Å²) in [6, 6.07) is 16.7. The van der Waals surface area contributed by atoms with Crippen LogP contribution in [0.3, 0.4) is 0 Å². The molecule has 1 aliphatic rings. The van der Waals surface area contributed by atoms with Gasteiger partial charge in [0.05, 0.1) is 33.1 Å². The second kappa shape index (κ2) is 9.92. The SMILES string of the molecule is COC(=O)C[C@@H](c1ccc(OC)cc1)c1oc(CN2CCc3ccccc3C2)cc(=O)c1O. The molecule has 0 bridgehead atoms. The van der Waals surface area contributed by atoms with Gasteiger partial charge in [0, 0.05) is 19.2 Å². The molecule has 0 amide bonds. The van der Waals surface area contributed by atoms with E-state index in [0.717, 1.165) is 19.5 Å². The first kappa shape index (κ1) is 22.6. The zero-order valence-corrected chi connectivity index (χ0v) is 18.7. The summed E-state index contributed by atoms with van der Waals surface area (Å²) in [7, 11) is 2.86. The van der Waals surface area contributed by atoms with Gasteiger partial charge in [-0.25, -0.2) is 0 Å². The van der Waals surface area contributed by atoms with E-state index in [2.05, 4.69) is 17.0 Å². The normalized spacial score (nSPS) is 14.4. The first-order valence-electron chi connectivity index (χ1n) is 10.8. The van der Waals surface area contributed by atoms with Crippen LogP contribution in [-0.4, -0.2) is 36.7 Å². The van der Waals surface area contributed by atoms with Gasteiger partial charge in [-0.1, -0.05) is 36.4 Å². The molecule has 0 radical (unpaired) electrons. The number of rotatable bonds is 7. The van der Waals surface area contributed by atoms with E-state index >= 15 is 0 Å². The Morgan fingerprint density at radius 2 is 1.85 bits per heavy atom. The van der Waals surface area contributed by atoms with Crippen LogP contribution >= 0.6 is 0 Å². The second-order valence-corrected chi connectivity index (χ2v) is 8.13. The van der Waals surface area contributed by atoms with Gasteiger partial charge in [0.25, 0.3) is 0 Å². The van der Waals surface area contributed by atoms with Gasteiger partial charge < -0.3 is 19.0 Å². The van der Waals surface area contributed by atoms with Crippen LogP contribution in [-0.2, 0) is 29.0 Å². The van der Waals surface area contributed by atoms with Gasteiger partial charge in [-0.3, -0.25) is 14.5 Å². The van der Waals surface area contributed by atoms with Crippen molar-refractivity contribution in [3.05, 3.63) is 93.0 Å². The smallest absolute Gasteiger partial charge is 0.306 e. The van der Waals surface area contributed by atoms with Crippen molar-refractivity contribution in [3.63, 3.8) is 0 Å². The predicted octanol–water partition coefficient (Wildman–Crippen LogP) is 3.61. The highest BCUT2D eigenvalue weighted by atomic mass is 16.5. The van der Waals surface area contributed by atoms with Gasteiger partial charge >= 0.3 is 5.97 Å². The highest BCUT2D eigenvalue weighted by Gasteiger charge is 2.27. The summed E-state index contributed by atoms with van der Waals surface area (Å²) in [4.78, 5) is 27.0. The van der Waals surface area contributed by atoms with Crippen LogP contribution in [0.15, 0.2) is 63.8 Å². The summed E-state index contributed by atoms with van der Waals surface area (Å²) >= 11 is 0. The third-order valence-corrected chi connectivity index (χ3v) is 6.02. The molecule has 0 spiro atoms. The molecule has 0 aliphatic carbocycles. The molecular weight excluding hydrogens is 422 g/mol. The Bertz CT molecular complexity index is 1180. The van der Waals surface area contributed by atoms with Crippen molar-refractivity contribution in [1.29, 1.82) is 0 Å². The Hall–Kier alpha value is -3.58. The van der Waals surface area contributed by atoms with Crippen LogP contribution in [0.5, 0.6) is 11.5 Å². The molecule has 1 atom stereocenters. The molecule has 172 valence electrons. The number of fused-ring (bicyclic) bond motifs is 1. The summed E-state index contributed by atoms with van der Waals surface area (Å²) in [6.45, 7) is 2.01. The average Bonchev–Trinajstić information content (AvgIpc) is 2.84. The molecule has 7 heteroatoms. The Morgan fingerprint density at radius 3 is 2.55 bits per heavy atom. The molecule has 0 unspecified atom stereocenters. The van der Waals surface area contributed by atoms with E-state index in [9.17, 15) is 14.7 Å². The number of esters is 1. The molecule has 2 heterocycles. The van der Waals surface area contributed by atoms with Crippen LogP contribution in [0.25, 0.3) is 0 Å². The molecule has 33 heavy (non-hydrogen) atoms. The predicted molar refractivity (Wildman–Crippen MR) is 122 cm³/mol. The molecule has 0 fully saturated rings. The second-order valence-electron chi connectivity index (χ2n) is 8.13. The molecular formula is C26H27NO6. The van der Waals surface area contributed by atoms with Gasteiger partial charge in [0.15, 0.2) is 5.76 Å². The van der Waals surface area contributed by atoms with E-state index in [-0.39, 0.29) is 12.2 Å². The van der Waals surface area contributed by atoms with E-state index in [1.54, 1.807) is 31.4 Å². The average molecular weight is 450 g/mol. The lowest BCUT2D eigenvalue weighted by molar-refractivity contribution is -0.140. The van der Waals surface area contributed by atoms with E-state index < -0.39 is 23.1 Å². The number of aromatic hydroxyl groups is 1. The van der Waals surface area contributed by atoms with Crippen LogP contribution < -0.4 is 10.2 Å². The molecule has 0 saturated heterocycles. The van der Waals surface area contributed by atoms with Gasteiger partial charge in [-0.05, 0) is 35.2 Å². The molecule has 1 aromatic heterocycles. The monoisotopic (exact) mass is 449 g/mol. The number of benzene rings is 2. The highest BCUT2D eigenvalue weighted by molar-refractivity contribution is 5.71. The Balaban J connectivity index is 1.66. The van der Waals surface area contributed by atoms with Crippen molar-refractivity contribution < 1.29 is 23.8 Å². The molecule has 4 rings (SSSR count). The quantitative estimate of drug-likeness (QED) is 0.551. The number of carbonyl (C=O) groups is 1. The fourth-order valence-electron chi connectivity index (χ4n) is 4.23. The maximum absolute atomic E-state index is 12.6. The van der Waals surface area contributed by atoms with Crippen molar-refractivity contribution in [2.45, 2.75) is 31.8 Å². The maximum atomic E-state index is 12.6. The fraction of sp³-hybridized carbons (Fsp3) is 0.308. The third-order valence-electron chi connectivity index (χ3n) is 6.02. The van der Waals surface area contributed by atoms with E-state index in [0.29, 0.717) is 23.6 Å². The first-order chi connectivity index (χ1) is 16.0. The van der Waals surface area contributed by atoms with Crippen molar-refractivity contribution >= 4 is 5.97 Å². The summed E-state index contributed by atoms with van der Waals surface area (Å²) < 4.78 is 16.1. The highest BCUT2D eigenvalue weighted by Crippen LogP contribution is 2.34. The standard InChI is InChI=1S/C26H27NO6/c1-31-20-9-7-18(8-10-20)22(14-24(29)32-2)26-25(30)23(28)13-21(33-26)16-27-12-11-17-5-3-4-6-19(17)15-27/h3-10,13,22,30H,11-12,14-16H2,1-2H3/t22-/m0/s1. The minimum atomic E-state index is -0.682. The zero-order valence-electron chi connectivity index (χ0n) is 18.7. The van der Waals surface area contributed by atoms with Crippen molar-refractivity contribution in [2.75, 3.05) is 20.8 Å². The van der Waals surface area contributed by atoms with Gasteiger partial charge in [0.1, 0.15) is 11.5 Å². The zero-order chi connectivity index (χ0) is 23.4. The van der Waals surface area contributed by atoms with E-state index in [1.165, 1.54) is 24.3 Å². The van der Waals surface area contributed by atoms with Crippen LogP contribution in [0.4, 0.5) is 0 Å². The Labute approximate surface area is 192 Å². The molecule has 0 saturated carbocycles. The van der Waals surface area contributed by atoms with Gasteiger partial charge in [-0.2, -0.15) is 0 Å². The number of hydrogen-bond acceptors (Lipinski definition) is 7. The summed E-state index contributed by atoms with van der Waals surface area (Å²) in [5, 5.41) is 10.6. The number of nitrogens with zero attached hydrogens (tertiary/aromatic N) is 1. The van der Waals surface area contributed by atoms with Crippen LogP contribution in [0.2, 0.25) is 0 Å². The fourth-order valence-corrected chi connectivity index (χ4v) is 4.23. The lowest BCUT2D eigenvalue weighted by Crippen LogP contribution is -2.30. The summed E-state index contributed by atoms with van der Waals surface area (Å²) in [5.41, 5.74) is 2.75. The van der Waals surface area contributed by atoms with Crippen molar-refractivity contribution in [3.8, 4) is 11.5 Å². The summed E-state index contributed by atoms with van der Waals surface area (Å²) in [5.74, 6) is -0.497. The molecule has 7 nitrogen and oxygen atoms in total. The largest absolute Gasteiger partial charge is 0.502 e. The van der Waals surface area contributed by atoms with Crippen LogP contribution in [0.1, 0.15) is 40.5 Å². The van der Waals surface area contributed by atoms with Gasteiger partial charge in [0.2, 0.25) is 11.2 Å². The minimum absolute atomic E-state index is 0.0606. The number of methoxy groups -OCH3 is 2. The molecule has 3 aromatic rings. The van der Waals surface area contributed by atoms with Gasteiger partial charge in [-0.15, -0.1) is 0 Å². The molecule has 1 aliphatic heterocycles. The van der Waals surface area contributed by atoms with Crippen LogP contribution in [0, 0.1) is 0 Å². The lowest BCUT2D eigenvalue weighted by atomic mass is 9.92. The number of ether oxygens (including phenoxy) is 2. The first-order valence-corrected chi connectivity index (χ1v) is 10.8. The minimum Gasteiger partial charge on any atom is -0.502 e. The lowest BCUT2D eigenvalue weighted by Gasteiger charge is -2.28. The molecule has 2 aromatic carbocycles. The van der Waals surface area contributed by atoms with E-state index in [1.807, 2.05) is 12.1 Å². The summed E-state index contributed by atoms with van der Waals surface area (Å²) in [6.07, 6.45) is 0.835. The van der Waals surface area contributed by atoms with Crippen molar-refractivity contribution in [2.24, 2.45) is 0 Å². The van der Waals surface area contributed by atoms with Crippen molar-refractivity contribution in [1.82, 2.24) is 4.90 Å². The number of hydrogen-bond donors (Lipinski definition) is 1. The van der Waals surface area contributed by atoms with E-state index in [4.69, 9.17) is 13.9 Å². The Kier molecular flexibility index (Phi) is 6.79. The maximum Gasteiger partial charge on any atom is 0.306 e. The third kappa shape index (κ3) is 5.09. The molecule has 1 N–H and O–H groups in total. The Morgan fingerprint density at radius 1 is 1.12 bits per heavy atom. The number of carbonyl (C=O) groups excluding carboxylic acids is 1.